The second-order valence-corrected chi connectivity index (χ2v) is 8.12. The Morgan fingerprint density at radius 2 is 1.25 bits per heavy atom. The lowest BCUT2D eigenvalue weighted by Gasteiger charge is -2.13. The molecule has 0 amide bonds. The molecule has 0 spiro atoms. The topological polar surface area (TPSA) is 108 Å². The van der Waals surface area contributed by atoms with E-state index in [4.69, 9.17) is 14.2 Å². The number of rotatable bonds is 8. The standard InChI is InChI=1S/C29H19F3O8/c30-29(31,32)40-22-12-8-20(9-13-22)27(35)39-25-15-14-23(38-26(34)19-6-10-21(33)11-7-19)16-24(25)28(36)37-17-18-4-2-1-3-5-18/h1-16,33H,17H2. The summed E-state index contributed by atoms with van der Waals surface area (Å²) >= 11 is 0. The molecule has 0 bridgehead atoms. The molecular weight excluding hydrogens is 533 g/mol. The second-order valence-electron chi connectivity index (χ2n) is 8.12. The first-order valence-corrected chi connectivity index (χ1v) is 11.5. The first kappa shape index (κ1) is 27.7. The van der Waals surface area contributed by atoms with Gasteiger partial charge in [0.1, 0.15) is 35.2 Å². The van der Waals surface area contributed by atoms with Crippen molar-refractivity contribution in [3.05, 3.63) is 119 Å². The van der Waals surface area contributed by atoms with Gasteiger partial charge in [-0.1, -0.05) is 30.3 Å². The lowest BCUT2D eigenvalue weighted by molar-refractivity contribution is -0.274. The van der Waals surface area contributed by atoms with Gasteiger partial charge in [0, 0.05) is 0 Å². The van der Waals surface area contributed by atoms with Crippen LogP contribution in [0.1, 0.15) is 36.6 Å². The smallest absolute Gasteiger partial charge is 0.508 e. The van der Waals surface area contributed by atoms with E-state index in [-0.39, 0.29) is 40.5 Å². The molecule has 0 unspecified atom stereocenters. The van der Waals surface area contributed by atoms with Crippen molar-refractivity contribution in [2.75, 3.05) is 0 Å². The van der Waals surface area contributed by atoms with Crippen molar-refractivity contribution in [2.24, 2.45) is 0 Å². The number of hydrogen-bond acceptors (Lipinski definition) is 8. The maximum absolute atomic E-state index is 13.0. The summed E-state index contributed by atoms with van der Waals surface area (Å²) in [4.78, 5) is 38.2. The van der Waals surface area contributed by atoms with Crippen LogP contribution in [0.25, 0.3) is 0 Å². The zero-order valence-electron chi connectivity index (χ0n) is 20.4. The number of alkyl halides is 3. The minimum atomic E-state index is -4.90. The Morgan fingerprint density at radius 3 is 1.88 bits per heavy atom. The molecule has 0 aliphatic rings. The third kappa shape index (κ3) is 7.60. The molecule has 8 nitrogen and oxygen atoms in total. The molecule has 0 aliphatic heterocycles. The van der Waals surface area contributed by atoms with Crippen molar-refractivity contribution in [3.8, 4) is 23.0 Å². The SMILES string of the molecule is O=C(Oc1ccc(OC(=O)c2ccc(OC(F)(F)F)cc2)c(C(=O)OCc2ccccc2)c1)c1ccc(O)cc1. The predicted molar refractivity (Wildman–Crippen MR) is 133 cm³/mol. The molecule has 4 aromatic carbocycles. The van der Waals surface area contributed by atoms with Crippen LogP contribution in [-0.2, 0) is 11.3 Å². The number of carbonyl (C=O) groups excluding carboxylic acids is 3. The summed E-state index contributed by atoms with van der Waals surface area (Å²) in [5, 5.41) is 9.41. The molecule has 0 fully saturated rings. The predicted octanol–water partition coefficient (Wildman–Crippen LogP) is 6.09. The van der Waals surface area contributed by atoms with Crippen LogP contribution in [0.5, 0.6) is 23.0 Å². The Bertz CT molecular complexity index is 1500. The number of benzene rings is 4. The van der Waals surface area contributed by atoms with Crippen molar-refractivity contribution >= 4 is 17.9 Å². The summed E-state index contributed by atoms with van der Waals surface area (Å²) in [5.41, 5.74) is 0.434. The summed E-state index contributed by atoms with van der Waals surface area (Å²) in [6, 6.07) is 21.7. The van der Waals surface area contributed by atoms with Crippen molar-refractivity contribution in [1.29, 1.82) is 0 Å². The highest BCUT2D eigenvalue weighted by atomic mass is 19.4. The van der Waals surface area contributed by atoms with Crippen molar-refractivity contribution in [2.45, 2.75) is 13.0 Å². The quantitative estimate of drug-likeness (QED) is 0.207. The fourth-order valence-corrected chi connectivity index (χ4v) is 3.34. The molecule has 4 rings (SSSR count). The van der Waals surface area contributed by atoms with Gasteiger partial charge >= 0.3 is 24.3 Å². The molecule has 0 aromatic heterocycles. The molecule has 1 N–H and O–H groups in total. The average molecular weight is 552 g/mol. The third-order valence-corrected chi connectivity index (χ3v) is 5.22. The Balaban J connectivity index is 1.55. The summed E-state index contributed by atoms with van der Waals surface area (Å²) < 4.78 is 57.0. The van der Waals surface area contributed by atoms with E-state index < -0.39 is 30.0 Å². The lowest BCUT2D eigenvalue weighted by atomic mass is 10.1. The first-order chi connectivity index (χ1) is 19.1. The second kappa shape index (κ2) is 12.0. The summed E-state index contributed by atoms with van der Waals surface area (Å²) in [6.45, 7) is -0.106. The Morgan fingerprint density at radius 1 is 0.675 bits per heavy atom. The normalized spacial score (nSPS) is 10.9. The molecule has 0 atom stereocenters. The molecular formula is C29H19F3O8. The fraction of sp³-hybridized carbons (Fsp3) is 0.0690. The lowest BCUT2D eigenvalue weighted by Crippen LogP contribution is -2.17. The molecule has 204 valence electrons. The van der Waals surface area contributed by atoms with Crippen LogP contribution < -0.4 is 14.2 Å². The molecule has 0 saturated carbocycles. The highest BCUT2D eigenvalue weighted by Crippen LogP contribution is 2.28. The zero-order chi connectivity index (χ0) is 28.7. The molecule has 11 heteroatoms. The average Bonchev–Trinajstić information content (AvgIpc) is 2.93. The van der Waals surface area contributed by atoms with E-state index in [2.05, 4.69) is 4.74 Å². The monoisotopic (exact) mass is 552 g/mol. The summed E-state index contributed by atoms with van der Waals surface area (Å²) in [5.74, 6) is -3.56. The minimum Gasteiger partial charge on any atom is -0.508 e. The zero-order valence-corrected chi connectivity index (χ0v) is 20.4. The van der Waals surface area contributed by atoms with E-state index in [0.717, 1.165) is 30.3 Å². The van der Waals surface area contributed by atoms with Gasteiger partial charge in [-0.15, -0.1) is 13.2 Å². The summed E-state index contributed by atoms with van der Waals surface area (Å²) in [6.07, 6.45) is -4.90. The maximum Gasteiger partial charge on any atom is 0.573 e. The van der Waals surface area contributed by atoms with Crippen LogP contribution in [0.15, 0.2) is 97.1 Å². The minimum absolute atomic E-state index is 0.0475. The number of phenolic OH excluding ortho intramolecular Hbond substituents is 1. The number of halogens is 3. The number of esters is 3. The van der Waals surface area contributed by atoms with E-state index in [1.165, 1.54) is 36.4 Å². The van der Waals surface area contributed by atoms with Gasteiger partial charge in [-0.3, -0.25) is 0 Å². The first-order valence-electron chi connectivity index (χ1n) is 11.5. The van der Waals surface area contributed by atoms with Gasteiger partial charge in [-0.05, 0) is 72.3 Å². The molecule has 4 aromatic rings. The number of carbonyl (C=O) groups is 3. The van der Waals surface area contributed by atoms with Crippen LogP contribution in [0, 0.1) is 0 Å². The highest BCUT2D eigenvalue weighted by Gasteiger charge is 2.31. The third-order valence-electron chi connectivity index (χ3n) is 5.22. The van der Waals surface area contributed by atoms with Crippen molar-refractivity contribution in [1.82, 2.24) is 0 Å². The number of aromatic hydroxyl groups is 1. The molecule has 40 heavy (non-hydrogen) atoms. The molecule has 0 radical (unpaired) electrons. The molecule has 0 aliphatic carbocycles. The van der Waals surface area contributed by atoms with Gasteiger partial charge in [-0.25, -0.2) is 14.4 Å². The number of hydrogen-bond donors (Lipinski definition) is 1. The van der Waals surface area contributed by atoms with E-state index in [0.29, 0.717) is 5.56 Å². The largest absolute Gasteiger partial charge is 0.573 e. The maximum atomic E-state index is 13.0. The van der Waals surface area contributed by atoms with Gasteiger partial charge < -0.3 is 24.1 Å². The van der Waals surface area contributed by atoms with Crippen LogP contribution in [0.3, 0.4) is 0 Å². The van der Waals surface area contributed by atoms with Gasteiger partial charge in [0.05, 0.1) is 11.1 Å². The summed E-state index contributed by atoms with van der Waals surface area (Å²) in [7, 11) is 0. The van der Waals surface area contributed by atoms with Crippen LogP contribution in [0.2, 0.25) is 0 Å². The van der Waals surface area contributed by atoms with Crippen LogP contribution >= 0.6 is 0 Å². The highest BCUT2D eigenvalue weighted by molar-refractivity contribution is 5.97. The van der Waals surface area contributed by atoms with Gasteiger partial charge in [0.2, 0.25) is 0 Å². The van der Waals surface area contributed by atoms with E-state index in [1.54, 1.807) is 30.3 Å². The van der Waals surface area contributed by atoms with Crippen molar-refractivity contribution < 1.29 is 51.6 Å². The van der Waals surface area contributed by atoms with Gasteiger partial charge in [0.15, 0.2) is 0 Å². The Hall–Kier alpha value is -5.32. The fourth-order valence-electron chi connectivity index (χ4n) is 3.34. The van der Waals surface area contributed by atoms with E-state index in [9.17, 15) is 32.7 Å². The van der Waals surface area contributed by atoms with Crippen LogP contribution in [-0.4, -0.2) is 29.4 Å². The number of ether oxygens (including phenoxy) is 4. The van der Waals surface area contributed by atoms with Crippen molar-refractivity contribution in [3.63, 3.8) is 0 Å². The van der Waals surface area contributed by atoms with Crippen LogP contribution in [0.4, 0.5) is 13.2 Å². The molecule has 0 saturated heterocycles. The molecule has 0 heterocycles. The Kier molecular flexibility index (Phi) is 8.33. The number of phenols is 1. The van der Waals surface area contributed by atoms with Gasteiger partial charge in [-0.2, -0.15) is 0 Å². The Labute approximate surface area is 225 Å². The van der Waals surface area contributed by atoms with E-state index >= 15 is 0 Å². The van der Waals surface area contributed by atoms with Gasteiger partial charge in [0.25, 0.3) is 0 Å². The van der Waals surface area contributed by atoms with E-state index in [1.807, 2.05) is 0 Å².